The van der Waals surface area contributed by atoms with Crippen molar-refractivity contribution in [2.24, 2.45) is 0 Å². The SMILES string of the molecule is COCC(=O)CS(=O)(=O)C1CCCC1. The summed E-state index contributed by atoms with van der Waals surface area (Å²) in [5.74, 6) is -0.703. The van der Waals surface area contributed by atoms with Gasteiger partial charge in [-0.15, -0.1) is 0 Å². The van der Waals surface area contributed by atoms with Gasteiger partial charge < -0.3 is 4.74 Å². The summed E-state index contributed by atoms with van der Waals surface area (Å²) in [6.07, 6.45) is 3.34. The third kappa shape index (κ3) is 3.06. The summed E-state index contributed by atoms with van der Waals surface area (Å²) in [6, 6.07) is 0. The van der Waals surface area contributed by atoms with Gasteiger partial charge in [0.25, 0.3) is 0 Å². The molecule has 1 aliphatic carbocycles. The molecule has 1 aliphatic rings. The number of methoxy groups -OCH3 is 1. The van der Waals surface area contributed by atoms with E-state index in [-0.39, 0.29) is 23.4 Å². The normalized spacial score (nSPS) is 18.6. The number of carbonyl (C=O) groups excluding carboxylic acids is 1. The Bertz CT molecular complexity index is 288. The maximum absolute atomic E-state index is 11.6. The van der Waals surface area contributed by atoms with Crippen molar-refractivity contribution < 1.29 is 17.9 Å². The monoisotopic (exact) mass is 220 g/mol. The molecule has 0 amide bonds. The smallest absolute Gasteiger partial charge is 0.173 e. The van der Waals surface area contributed by atoms with Crippen LogP contribution in [0.5, 0.6) is 0 Å². The number of hydrogen-bond donors (Lipinski definition) is 0. The maximum Gasteiger partial charge on any atom is 0.173 e. The van der Waals surface area contributed by atoms with E-state index in [1.165, 1.54) is 7.11 Å². The molecule has 0 aromatic rings. The van der Waals surface area contributed by atoms with E-state index >= 15 is 0 Å². The first-order chi connectivity index (χ1) is 6.56. The van der Waals surface area contributed by atoms with Crippen LogP contribution in [-0.2, 0) is 19.4 Å². The molecule has 0 aliphatic heterocycles. The van der Waals surface area contributed by atoms with E-state index in [2.05, 4.69) is 4.74 Å². The molecule has 0 bridgehead atoms. The lowest BCUT2D eigenvalue weighted by atomic mass is 10.4. The van der Waals surface area contributed by atoms with Crippen LogP contribution in [-0.4, -0.2) is 38.9 Å². The molecule has 0 aromatic heterocycles. The molecule has 0 unspecified atom stereocenters. The molecule has 0 saturated heterocycles. The van der Waals surface area contributed by atoms with Crippen LogP contribution in [0.1, 0.15) is 25.7 Å². The van der Waals surface area contributed by atoms with Crippen LogP contribution >= 0.6 is 0 Å². The largest absolute Gasteiger partial charge is 0.377 e. The molecule has 0 radical (unpaired) electrons. The summed E-state index contributed by atoms with van der Waals surface area (Å²) in [5, 5.41) is -0.289. The Balaban J connectivity index is 2.52. The van der Waals surface area contributed by atoms with Gasteiger partial charge in [-0.25, -0.2) is 8.42 Å². The van der Waals surface area contributed by atoms with Gasteiger partial charge in [0.15, 0.2) is 15.6 Å². The standard InChI is InChI=1S/C9H16O4S/c1-13-6-8(10)7-14(11,12)9-4-2-3-5-9/h9H,2-7H2,1H3. The second kappa shape index (κ2) is 4.89. The number of carbonyl (C=O) groups is 1. The van der Waals surface area contributed by atoms with Crippen LogP contribution in [0.15, 0.2) is 0 Å². The molecule has 0 heterocycles. The molecule has 1 fully saturated rings. The number of sulfone groups is 1. The molecular weight excluding hydrogens is 204 g/mol. The van der Waals surface area contributed by atoms with Gasteiger partial charge in [0.1, 0.15) is 12.4 Å². The third-order valence-corrected chi connectivity index (χ3v) is 4.69. The van der Waals surface area contributed by atoms with Crippen LogP contribution in [0, 0.1) is 0 Å². The van der Waals surface area contributed by atoms with E-state index in [0.29, 0.717) is 12.8 Å². The zero-order valence-electron chi connectivity index (χ0n) is 8.36. The highest BCUT2D eigenvalue weighted by molar-refractivity contribution is 7.92. The van der Waals surface area contributed by atoms with E-state index in [1.54, 1.807) is 0 Å². The van der Waals surface area contributed by atoms with Crippen LogP contribution in [0.25, 0.3) is 0 Å². The van der Waals surface area contributed by atoms with Crippen molar-refractivity contribution >= 4 is 15.6 Å². The molecule has 0 N–H and O–H groups in total. The third-order valence-electron chi connectivity index (χ3n) is 2.48. The summed E-state index contributed by atoms with van der Waals surface area (Å²) in [5.41, 5.74) is 0. The Labute approximate surface area is 84.6 Å². The van der Waals surface area contributed by atoms with Crippen LogP contribution in [0.4, 0.5) is 0 Å². The summed E-state index contributed by atoms with van der Waals surface area (Å²) in [4.78, 5) is 11.1. The highest BCUT2D eigenvalue weighted by Gasteiger charge is 2.30. The van der Waals surface area contributed by atoms with Crippen molar-refractivity contribution in [1.82, 2.24) is 0 Å². The van der Waals surface area contributed by atoms with E-state index in [0.717, 1.165) is 12.8 Å². The number of hydrogen-bond acceptors (Lipinski definition) is 4. The second-order valence-corrected chi connectivity index (χ2v) is 5.97. The highest BCUT2D eigenvalue weighted by atomic mass is 32.2. The first kappa shape index (κ1) is 11.7. The minimum Gasteiger partial charge on any atom is -0.377 e. The lowest BCUT2D eigenvalue weighted by Crippen LogP contribution is -2.27. The Morgan fingerprint density at radius 1 is 1.36 bits per heavy atom. The molecule has 4 nitrogen and oxygen atoms in total. The number of Topliss-reactive ketones (excluding diaryl/α,β-unsaturated/α-hetero) is 1. The van der Waals surface area contributed by atoms with Crippen molar-refractivity contribution in [3.63, 3.8) is 0 Å². The van der Waals surface area contributed by atoms with Gasteiger partial charge in [-0.3, -0.25) is 4.79 Å². The predicted octanol–water partition coefficient (Wildman–Crippen LogP) is 0.559. The average molecular weight is 220 g/mol. The fraction of sp³-hybridized carbons (Fsp3) is 0.889. The summed E-state index contributed by atoms with van der Waals surface area (Å²) in [6.45, 7) is -0.105. The van der Waals surface area contributed by atoms with Crippen LogP contribution < -0.4 is 0 Å². The number of ketones is 1. The van der Waals surface area contributed by atoms with Crippen molar-refractivity contribution in [2.75, 3.05) is 19.5 Å². The minimum absolute atomic E-state index is 0.105. The van der Waals surface area contributed by atoms with Gasteiger partial charge in [0.05, 0.1) is 5.25 Å². The Hall–Kier alpha value is -0.420. The number of rotatable bonds is 5. The van der Waals surface area contributed by atoms with Crippen molar-refractivity contribution in [3.05, 3.63) is 0 Å². The Kier molecular flexibility index (Phi) is 4.07. The van der Waals surface area contributed by atoms with E-state index < -0.39 is 9.84 Å². The molecule has 0 atom stereocenters. The quantitative estimate of drug-likeness (QED) is 0.679. The molecular formula is C9H16O4S. The topological polar surface area (TPSA) is 60.4 Å². The van der Waals surface area contributed by atoms with E-state index in [4.69, 9.17) is 0 Å². The van der Waals surface area contributed by atoms with Gasteiger partial charge in [-0.1, -0.05) is 12.8 Å². The Morgan fingerprint density at radius 3 is 2.43 bits per heavy atom. The minimum atomic E-state index is -3.21. The van der Waals surface area contributed by atoms with Gasteiger partial charge in [0.2, 0.25) is 0 Å². The van der Waals surface area contributed by atoms with Gasteiger partial charge in [-0.05, 0) is 12.8 Å². The molecule has 1 rings (SSSR count). The van der Waals surface area contributed by atoms with Crippen molar-refractivity contribution in [2.45, 2.75) is 30.9 Å². The maximum atomic E-state index is 11.6. The second-order valence-electron chi connectivity index (χ2n) is 3.69. The summed E-state index contributed by atoms with van der Waals surface area (Å²) in [7, 11) is -1.82. The molecule has 14 heavy (non-hydrogen) atoms. The highest BCUT2D eigenvalue weighted by Crippen LogP contribution is 2.25. The first-order valence-electron chi connectivity index (χ1n) is 4.78. The zero-order chi connectivity index (χ0) is 10.6. The van der Waals surface area contributed by atoms with Gasteiger partial charge >= 0.3 is 0 Å². The molecule has 82 valence electrons. The van der Waals surface area contributed by atoms with E-state index in [9.17, 15) is 13.2 Å². The van der Waals surface area contributed by atoms with Crippen molar-refractivity contribution in [1.29, 1.82) is 0 Å². The fourth-order valence-electron chi connectivity index (χ4n) is 1.79. The van der Waals surface area contributed by atoms with Crippen LogP contribution in [0.3, 0.4) is 0 Å². The summed E-state index contributed by atoms with van der Waals surface area (Å²) >= 11 is 0. The van der Waals surface area contributed by atoms with E-state index in [1.807, 2.05) is 0 Å². The van der Waals surface area contributed by atoms with Crippen LogP contribution in [0.2, 0.25) is 0 Å². The molecule has 1 saturated carbocycles. The molecule has 0 aromatic carbocycles. The summed E-state index contributed by atoms with van der Waals surface area (Å²) < 4.78 is 27.9. The first-order valence-corrected chi connectivity index (χ1v) is 6.50. The van der Waals surface area contributed by atoms with Gasteiger partial charge in [0, 0.05) is 7.11 Å². The predicted molar refractivity (Wildman–Crippen MR) is 52.9 cm³/mol. The Morgan fingerprint density at radius 2 is 1.93 bits per heavy atom. The molecule has 0 spiro atoms. The lowest BCUT2D eigenvalue weighted by Gasteiger charge is -2.09. The molecule has 5 heteroatoms. The average Bonchev–Trinajstić information content (AvgIpc) is 2.54. The number of ether oxygens (including phenoxy) is 1. The zero-order valence-corrected chi connectivity index (χ0v) is 9.18. The fourth-order valence-corrected chi connectivity index (χ4v) is 3.61. The lowest BCUT2D eigenvalue weighted by molar-refractivity contribution is -0.120. The van der Waals surface area contributed by atoms with Crippen molar-refractivity contribution in [3.8, 4) is 0 Å². The van der Waals surface area contributed by atoms with Gasteiger partial charge in [-0.2, -0.15) is 0 Å².